The smallest absolute Gasteiger partial charge is 0.244 e. The summed E-state index contributed by atoms with van der Waals surface area (Å²) in [6, 6.07) is 10.9. The fraction of sp³-hybridized carbons (Fsp3) is 0.368. The average molecular weight is 373 g/mol. The number of hydrogen-bond donors (Lipinski definition) is 0. The summed E-state index contributed by atoms with van der Waals surface area (Å²) in [5, 5.41) is 0. The molecule has 0 fully saturated rings. The third-order valence-corrected chi connectivity index (χ3v) is 6.57. The van der Waals surface area contributed by atoms with Crippen LogP contribution in [0, 0.1) is 0 Å². The Morgan fingerprint density at radius 2 is 2.04 bits per heavy atom. The molecule has 1 unspecified atom stereocenters. The van der Waals surface area contributed by atoms with Gasteiger partial charge in [0, 0.05) is 31.7 Å². The third kappa shape index (κ3) is 3.64. The van der Waals surface area contributed by atoms with Gasteiger partial charge in [-0.2, -0.15) is 4.31 Å². The van der Waals surface area contributed by atoms with Crippen LogP contribution in [-0.4, -0.2) is 43.8 Å². The molecule has 1 aromatic carbocycles. The lowest BCUT2D eigenvalue weighted by molar-refractivity contribution is -0.118. The lowest BCUT2D eigenvalue weighted by Gasteiger charge is -2.26. The fourth-order valence-corrected chi connectivity index (χ4v) is 4.37. The topological polar surface area (TPSA) is 70.6 Å². The average Bonchev–Trinajstić information content (AvgIpc) is 2.82. The molecule has 1 aromatic heterocycles. The Morgan fingerprint density at radius 1 is 1.27 bits per heavy atom. The second-order valence-electron chi connectivity index (χ2n) is 6.60. The van der Waals surface area contributed by atoms with Gasteiger partial charge in [-0.05, 0) is 42.5 Å². The first-order chi connectivity index (χ1) is 12.4. The van der Waals surface area contributed by atoms with Gasteiger partial charge in [0.25, 0.3) is 0 Å². The predicted molar refractivity (Wildman–Crippen MR) is 100 cm³/mol. The van der Waals surface area contributed by atoms with Crippen molar-refractivity contribution in [1.82, 2.24) is 9.29 Å². The first-order valence-corrected chi connectivity index (χ1v) is 10.1. The Balaban J connectivity index is 1.83. The van der Waals surface area contributed by atoms with E-state index in [1.807, 2.05) is 24.3 Å². The summed E-state index contributed by atoms with van der Waals surface area (Å²) in [4.78, 5) is 18.6. The van der Waals surface area contributed by atoms with Crippen LogP contribution < -0.4 is 4.90 Å². The molecule has 1 aliphatic heterocycles. The molecule has 26 heavy (non-hydrogen) atoms. The molecule has 0 bridgehead atoms. The standard InChI is InChI=1S/C19H23N3O3S/c1-15-7-6-12-22(18-10-4-3-9-17(15)18)19(23)14-21(2)26(24,25)16-8-5-11-20-13-16/h3-5,8-11,13,15H,6-7,12,14H2,1-2H3. The van der Waals surface area contributed by atoms with Crippen molar-refractivity contribution >= 4 is 21.6 Å². The monoisotopic (exact) mass is 373 g/mol. The van der Waals surface area contributed by atoms with Gasteiger partial charge in [0.2, 0.25) is 15.9 Å². The number of fused-ring (bicyclic) bond motifs is 1. The molecule has 0 spiro atoms. The molecule has 1 aliphatic rings. The summed E-state index contributed by atoms with van der Waals surface area (Å²) < 4.78 is 26.3. The molecular formula is C19H23N3O3S. The second-order valence-corrected chi connectivity index (χ2v) is 8.64. The molecule has 138 valence electrons. The minimum atomic E-state index is -3.75. The summed E-state index contributed by atoms with van der Waals surface area (Å²) in [7, 11) is -2.32. The van der Waals surface area contributed by atoms with Gasteiger partial charge in [-0.25, -0.2) is 8.42 Å². The first-order valence-electron chi connectivity index (χ1n) is 8.67. The number of likely N-dealkylation sites (N-methyl/N-ethyl adjacent to an activating group) is 1. The van der Waals surface area contributed by atoms with Crippen LogP contribution in [0.3, 0.4) is 0 Å². The van der Waals surface area contributed by atoms with Gasteiger partial charge in [-0.1, -0.05) is 25.1 Å². The van der Waals surface area contributed by atoms with Gasteiger partial charge in [0.05, 0.1) is 6.54 Å². The third-order valence-electron chi connectivity index (χ3n) is 4.78. The SMILES string of the molecule is CC1CCCN(C(=O)CN(C)S(=O)(=O)c2cccnc2)c2ccccc21. The van der Waals surface area contributed by atoms with E-state index in [1.165, 1.54) is 25.5 Å². The van der Waals surface area contributed by atoms with Crippen molar-refractivity contribution in [3.63, 3.8) is 0 Å². The molecule has 1 amide bonds. The number of aromatic nitrogens is 1. The van der Waals surface area contributed by atoms with Crippen LogP contribution in [0.25, 0.3) is 0 Å². The van der Waals surface area contributed by atoms with E-state index in [0.717, 1.165) is 28.4 Å². The van der Waals surface area contributed by atoms with E-state index in [9.17, 15) is 13.2 Å². The minimum Gasteiger partial charge on any atom is -0.311 e. The van der Waals surface area contributed by atoms with Gasteiger partial charge in [0.15, 0.2) is 0 Å². The van der Waals surface area contributed by atoms with Crippen LogP contribution >= 0.6 is 0 Å². The van der Waals surface area contributed by atoms with Crippen molar-refractivity contribution in [2.24, 2.45) is 0 Å². The van der Waals surface area contributed by atoms with E-state index < -0.39 is 10.0 Å². The molecule has 0 radical (unpaired) electrons. The van der Waals surface area contributed by atoms with Crippen LogP contribution in [0.4, 0.5) is 5.69 Å². The molecule has 0 N–H and O–H groups in total. The Morgan fingerprint density at radius 3 is 2.77 bits per heavy atom. The second kappa shape index (κ2) is 7.55. The Bertz CT molecular complexity index is 884. The number of benzene rings is 1. The summed E-state index contributed by atoms with van der Waals surface area (Å²) in [6.07, 6.45) is 4.70. The number of carbonyl (C=O) groups is 1. The van der Waals surface area contributed by atoms with Gasteiger partial charge in [-0.3, -0.25) is 9.78 Å². The summed E-state index contributed by atoms with van der Waals surface area (Å²) in [6.45, 7) is 2.55. The predicted octanol–water partition coefficient (Wildman–Crippen LogP) is 2.63. The number of sulfonamides is 1. The first kappa shape index (κ1) is 18.5. The summed E-state index contributed by atoms with van der Waals surface area (Å²) in [5.41, 5.74) is 2.02. The molecule has 0 saturated carbocycles. The van der Waals surface area contributed by atoms with Crippen molar-refractivity contribution < 1.29 is 13.2 Å². The normalized spacial score (nSPS) is 17.7. The lowest BCUT2D eigenvalue weighted by atomic mass is 9.96. The molecule has 6 nitrogen and oxygen atoms in total. The van der Waals surface area contributed by atoms with Gasteiger partial charge in [-0.15, -0.1) is 0 Å². The summed E-state index contributed by atoms with van der Waals surface area (Å²) >= 11 is 0. The van der Waals surface area contributed by atoms with Crippen molar-refractivity contribution in [1.29, 1.82) is 0 Å². The Kier molecular flexibility index (Phi) is 5.38. The number of amides is 1. The number of hydrogen-bond acceptors (Lipinski definition) is 4. The fourth-order valence-electron chi connectivity index (χ4n) is 3.28. The molecule has 2 heterocycles. The highest BCUT2D eigenvalue weighted by Crippen LogP contribution is 2.34. The zero-order valence-electron chi connectivity index (χ0n) is 15.0. The summed E-state index contributed by atoms with van der Waals surface area (Å²) in [5.74, 6) is 0.155. The van der Waals surface area contributed by atoms with Crippen LogP contribution in [-0.2, 0) is 14.8 Å². The quantitative estimate of drug-likeness (QED) is 0.826. The molecular weight excluding hydrogens is 350 g/mol. The molecule has 3 rings (SSSR count). The zero-order chi connectivity index (χ0) is 18.7. The van der Waals surface area contributed by atoms with Crippen LogP contribution in [0.1, 0.15) is 31.2 Å². The minimum absolute atomic E-state index is 0.0835. The number of para-hydroxylation sites is 1. The van der Waals surface area contributed by atoms with Crippen LogP contribution in [0.5, 0.6) is 0 Å². The number of rotatable bonds is 4. The van der Waals surface area contributed by atoms with Gasteiger partial charge < -0.3 is 4.90 Å². The largest absolute Gasteiger partial charge is 0.311 e. The van der Waals surface area contributed by atoms with E-state index in [-0.39, 0.29) is 17.3 Å². The number of carbonyl (C=O) groups excluding carboxylic acids is 1. The van der Waals surface area contributed by atoms with E-state index in [1.54, 1.807) is 11.0 Å². The number of anilines is 1. The van der Waals surface area contributed by atoms with Crippen LogP contribution in [0.15, 0.2) is 53.7 Å². The maximum atomic E-state index is 12.9. The number of nitrogens with zero attached hydrogens (tertiary/aromatic N) is 3. The van der Waals surface area contributed by atoms with E-state index >= 15 is 0 Å². The van der Waals surface area contributed by atoms with Gasteiger partial charge >= 0.3 is 0 Å². The maximum Gasteiger partial charge on any atom is 0.244 e. The van der Waals surface area contributed by atoms with Crippen molar-refractivity contribution in [2.45, 2.75) is 30.6 Å². The van der Waals surface area contributed by atoms with Crippen molar-refractivity contribution in [2.75, 3.05) is 25.0 Å². The Labute approximate surface area is 154 Å². The molecule has 7 heteroatoms. The molecule has 0 saturated heterocycles. The zero-order valence-corrected chi connectivity index (χ0v) is 15.8. The highest BCUT2D eigenvalue weighted by atomic mass is 32.2. The number of pyridine rings is 1. The van der Waals surface area contributed by atoms with Crippen molar-refractivity contribution in [3.05, 3.63) is 54.4 Å². The van der Waals surface area contributed by atoms with Gasteiger partial charge in [0.1, 0.15) is 4.90 Å². The van der Waals surface area contributed by atoms with E-state index in [4.69, 9.17) is 0 Å². The van der Waals surface area contributed by atoms with Crippen molar-refractivity contribution in [3.8, 4) is 0 Å². The molecule has 2 aromatic rings. The lowest BCUT2D eigenvalue weighted by Crippen LogP contribution is -2.41. The highest BCUT2D eigenvalue weighted by molar-refractivity contribution is 7.89. The maximum absolute atomic E-state index is 12.9. The molecule has 1 atom stereocenters. The highest BCUT2D eigenvalue weighted by Gasteiger charge is 2.28. The van der Waals surface area contributed by atoms with E-state index in [2.05, 4.69) is 11.9 Å². The Hall–Kier alpha value is -2.25. The van der Waals surface area contributed by atoms with Crippen LogP contribution in [0.2, 0.25) is 0 Å². The van der Waals surface area contributed by atoms with E-state index in [0.29, 0.717) is 12.5 Å². The molecule has 0 aliphatic carbocycles.